The maximum Gasteiger partial charge on any atom is 0.341 e. The van der Waals surface area contributed by atoms with E-state index in [9.17, 15) is 14.4 Å². The standard InChI is InChI=1S/C32H28Cl2N2O7S/c1-4-8-22-27(31(40)42-5-2)28(26-19-10-7-6-9-18(19)11-12-23(26)41-3)36-30(39)24(44-32(36)35-22)15-17-13-20(33)29(21(34)14-17)43-16-25(37)38/h6-7,9-15,28H,4-5,8,16H2,1-3H3,(H,37,38)/b24-15-/t28-/m1/s1. The molecule has 0 radical (unpaired) electrons. The summed E-state index contributed by atoms with van der Waals surface area (Å²) in [7, 11) is 1.55. The van der Waals surface area contributed by atoms with Crippen molar-refractivity contribution in [2.24, 2.45) is 4.99 Å². The molecule has 1 aromatic heterocycles. The fourth-order valence-electron chi connectivity index (χ4n) is 5.22. The Balaban J connectivity index is 1.79. The number of carboxylic acid groups (broad SMARTS) is 1. The summed E-state index contributed by atoms with van der Waals surface area (Å²) in [6, 6.07) is 13.6. The highest BCUT2D eigenvalue weighted by Crippen LogP contribution is 2.41. The van der Waals surface area contributed by atoms with Crippen molar-refractivity contribution in [2.45, 2.75) is 32.7 Å². The van der Waals surface area contributed by atoms with Gasteiger partial charge in [-0.05, 0) is 54.0 Å². The van der Waals surface area contributed by atoms with E-state index in [0.29, 0.717) is 44.7 Å². The molecule has 0 amide bonds. The maximum absolute atomic E-state index is 14.3. The Kier molecular flexibility index (Phi) is 9.43. The van der Waals surface area contributed by atoms with Crippen LogP contribution in [0.4, 0.5) is 0 Å². The highest BCUT2D eigenvalue weighted by Gasteiger charge is 2.37. The van der Waals surface area contributed by atoms with E-state index >= 15 is 0 Å². The number of carboxylic acids is 1. The monoisotopic (exact) mass is 654 g/mol. The Morgan fingerprint density at radius 3 is 2.50 bits per heavy atom. The Bertz CT molecular complexity index is 1970. The molecule has 228 valence electrons. The number of allylic oxidation sites excluding steroid dienone is 1. The van der Waals surface area contributed by atoms with Crippen LogP contribution in [-0.4, -0.2) is 41.9 Å². The molecule has 0 aliphatic carbocycles. The van der Waals surface area contributed by atoms with E-state index in [-0.39, 0.29) is 33.5 Å². The van der Waals surface area contributed by atoms with Gasteiger partial charge in [0.25, 0.3) is 5.56 Å². The van der Waals surface area contributed by atoms with Gasteiger partial charge >= 0.3 is 11.9 Å². The maximum atomic E-state index is 14.3. The number of esters is 1. The summed E-state index contributed by atoms with van der Waals surface area (Å²) in [5.74, 6) is -1.19. The molecule has 4 aromatic rings. The van der Waals surface area contributed by atoms with Crippen LogP contribution < -0.4 is 24.4 Å². The van der Waals surface area contributed by atoms with Gasteiger partial charge in [0.15, 0.2) is 17.2 Å². The molecule has 1 aliphatic rings. The zero-order valence-electron chi connectivity index (χ0n) is 24.1. The Morgan fingerprint density at radius 2 is 1.84 bits per heavy atom. The molecule has 0 saturated carbocycles. The quantitative estimate of drug-likeness (QED) is 0.224. The van der Waals surface area contributed by atoms with E-state index < -0.39 is 24.6 Å². The molecule has 0 unspecified atom stereocenters. The molecule has 0 fully saturated rings. The van der Waals surface area contributed by atoms with Gasteiger partial charge < -0.3 is 19.3 Å². The van der Waals surface area contributed by atoms with E-state index in [1.54, 1.807) is 20.1 Å². The lowest BCUT2D eigenvalue weighted by Gasteiger charge is -2.28. The first-order chi connectivity index (χ1) is 21.2. The number of thiazole rings is 1. The number of methoxy groups -OCH3 is 1. The molecule has 1 N–H and O–H groups in total. The second kappa shape index (κ2) is 13.3. The van der Waals surface area contributed by atoms with Crippen LogP contribution in [0.25, 0.3) is 16.8 Å². The van der Waals surface area contributed by atoms with Crippen LogP contribution in [0, 0.1) is 0 Å². The topological polar surface area (TPSA) is 116 Å². The minimum Gasteiger partial charge on any atom is -0.496 e. The third kappa shape index (κ3) is 5.97. The van der Waals surface area contributed by atoms with Gasteiger partial charge in [-0.3, -0.25) is 9.36 Å². The van der Waals surface area contributed by atoms with Crippen molar-refractivity contribution in [2.75, 3.05) is 20.3 Å². The molecule has 0 bridgehead atoms. The van der Waals surface area contributed by atoms with Crippen molar-refractivity contribution >= 4 is 63.3 Å². The molecule has 12 heteroatoms. The third-order valence-corrected chi connectivity index (χ3v) is 8.52. The molecular formula is C32H28Cl2N2O7S. The van der Waals surface area contributed by atoms with Crippen LogP contribution in [0.5, 0.6) is 11.5 Å². The summed E-state index contributed by atoms with van der Waals surface area (Å²) in [6.45, 7) is 3.26. The minimum atomic E-state index is -1.18. The number of aliphatic carboxylic acids is 1. The van der Waals surface area contributed by atoms with Gasteiger partial charge in [0.2, 0.25) is 0 Å². The van der Waals surface area contributed by atoms with Gasteiger partial charge in [-0.1, -0.05) is 78.2 Å². The normalized spacial score (nSPS) is 14.8. The van der Waals surface area contributed by atoms with Crippen molar-refractivity contribution < 1.29 is 28.9 Å². The average Bonchev–Trinajstić information content (AvgIpc) is 3.29. The van der Waals surface area contributed by atoms with Gasteiger partial charge in [-0.15, -0.1) is 0 Å². The highest BCUT2D eigenvalue weighted by atomic mass is 35.5. The van der Waals surface area contributed by atoms with Gasteiger partial charge in [0, 0.05) is 5.56 Å². The second-order valence-electron chi connectivity index (χ2n) is 9.81. The van der Waals surface area contributed by atoms with E-state index in [0.717, 1.165) is 10.8 Å². The van der Waals surface area contributed by atoms with Crippen LogP contribution in [0.2, 0.25) is 10.0 Å². The predicted octanol–water partition coefficient (Wildman–Crippen LogP) is 5.51. The first-order valence-corrected chi connectivity index (χ1v) is 15.4. The molecule has 3 aromatic carbocycles. The lowest BCUT2D eigenvalue weighted by Crippen LogP contribution is -2.40. The number of rotatable bonds is 10. The molecule has 5 rings (SSSR count). The molecule has 1 aliphatic heterocycles. The number of hydrogen-bond donors (Lipinski definition) is 1. The van der Waals surface area contributed by atoms with Gasteiger partial charge in [0.05, 0.1) is 39.6 Å². The van der Waals surface area contributed by atoms with Crippen molar-refractivity contribution in [3.63, 3.8) is 0 Å². The number of nitrogens with zero attached hydrogens (tertiary/aromatic N) is 2. The van der Waals surface area contributed by atoms with Crippen molar-refractivity contribution in [1.82, 2.24) is 4.57 Å². The lowest BCUT2D eigenvalue weighted by atomic mass is 9.90. The Morgan fingerprint density at radius 1 is 1.11 bits per heavy atom. The minimum absolute atomic E-state index is 0.0284. The first kappa shape index (κ1) is 31.3. The van der Waals surface area contributed by atoms with Crippen LogP contribution in [0.1, 0.15) is 43.9 Å². The van der Waals surface area contributed by atoms with E-state index in [2.05, 4.69) is 0 Å². The number of carbonyl (C=O) groups excluding carboxylic acids is 1. The lowest BCUT2D eigenvalue weighted by molar-refractivity contribution is -0.140. The Labute approximate surface area is 266 Å². The number of aromatic nitrogens is 1. The number of benzene rings is 3. The number of halogens is 2. The van der Waals surface area contributed by atoms with Gasteiger partial charge in [-0.2, -0.15) is 0 Å². The summed E-state index contributed by atoms with van der Waals surface area (Å²) in [6.07, 6.45) is 2.82. The zero-order chi connectivity index (χ0) is 31.5. The summed E-state index contributed by atoms with van der Waals surface area (Å²) >= 11 is 13.9. The van der Waals surface area contributed by atoms with Crippen molar-refractivity contribution in [3.05, 3.63) is 101 Å². The predicted molar refractivity (Wildman–Crippen MR) is 170 cm³/mol. The van der Waals surface area contributed by atoms with Crippen molar-refractivity contribution in [1.29, 1.82) is 0 Å². The first-order valence-electron chi connectivity index (χ1n) is 13.8. The number of hydrogen-bond acceptors (Lipinski definition) is 8. The molecule has 2 heterocycles. The van der Waals surface area contributed by atoms with Crippen LogP contribution in [0.3, 0.4) is 0 Å². The van der Waals surface area contributed by atoms with Crippen LogP contribution >= 0.6 is 34.5 Å². The summed E-state index contributed by atoms with van der Waals surface area (Å²) < 4.78 is 18.4. The van der Waals surface area contributed by atoms with Gasteiger partial charge in [-0.25, -0.2) is 14.6 Å². The van der Waals surface area contributed by atoms with E-state index in [1.807, 2.05) is 43.3 Å². The van der Waals surface area contributed by atoms with Crippen LogP contribution in [-0.2, 0) is 14.3 Å². The molecule has 0 spiro atoms. The summed E-state index contributed by atoms with van der Waals surface area (Å²) in [5.41, 5.74) is 1.59. The second-order valence-corrected chi connectivity index (χ2v) is 11.6. The smallest absolute Gasteiger partial charge is 0.341 e. The zero-order valence-corrected chi connectivity index (χ0v) is 26.4. The fourth-order valence-corrected chi connectivity index (χ4v) is 6.85. The van der Waals surface area contributed by atoms with E-state index in [1.165, 1.54) is 28.0 Å². The molecule has 0 saturated heterocycles. The largest absolute Gasteiger partial charge is 0.496 e. The Hall–Kier alpha value is -4.12. The summed E-state index contributed by atoms with van der Waals surface area (Å²) in [4.78, 5) is 44.1. The van der Waals surface area contributed by atoms with Gasteiger partial charge in [0.1, 0.15) is 11.8 Å². The molecule has 44 heavy (non-hydrogen) atoms. The van der Waals surface area contributed by atoms with Crippen LogP contribution in [0.15, 0.2) is 69.6 Å². The van der Waals surface area contributed by atoms with E-state index in [4.69, 9.17) is 47.5 Å². The number of carbonyl (C=O) groups is 2. The number of fused-ring (bicyclic) bond motifs is 2. The molecule has 1 atom stereocenters. The SMILES string of the molecule is CCCC1=C(C(=O)OCC)[C@@H](c2c(OC)ccc3ccccc23)n2c(s/c(=C\c3cc(Cl)c(OCC(=O)O)c(Cl)c3)c2=O)=N1. The van der Waals surface area contributed by atoms with Crippen molar-refractivity contribution in [3.8, 4) is 11.5 Å². The third-order valence-electron chi connectivity index (χ3n) is 6.97. The summed E-state index contributed by atoms with van der Waals surface area (Å²) in [5, 5.41) is 10.9. The fraction of sp³-hybridized carbons (Fsp3) is 0.250. The molecular weight excluding hydrogens is 627 g/mol. The number of ether oxygens (including phenoxy) is 3. The average molecular weight is 656 g/mol. The molecule has 9 nitrogen and oxygen atoms in total. The highest BCUT2D eigenvalue weighted by molar-refractivity contribution is 7.07.